The third-order valence-corrected chi connectivity index (χ3v) is 4.48. The molecule has 4 rings (SSSR count). The Labute approximate surface area is 130 Å². The van der Waals surface area contributed by atoms with E-state index < -0.39 is 0 Å². The lowest BCUT2D eigenvalue weighted by atomic mass is 9.83. The predicted octanol–water partition coefficient (Wildman–Crippen LogP) is 4.53. The standard InChI is InChI=1S/C20H18N2/c1-13-12-19-16(14(2)22-13)8-9-18-17(19)10-11-21-20(18)15-6-4-3-5-7-15/h3-7,10-12H,8-9H2,1-2H3. The van der Waals surface area contributed by atoms with E-state index in [1.54, 1.807) is 0 Å². The van der Waals surface area contributed by atoms with E-state index in [0.29, 0.717) is 0 Å². The van der Waals surface area contributed by atoms with Gasteiger partial charge < -0.3 is 0 Å². The third-order valence-electron chi connectivity index (χ3n) is 4.48. The second-order valence-corrected chi connectivity index (χ2v) is 5.93. The molecule has 0 fully saturated rings. The molecule has 3 aromatic rings. The lowest BCUT2D eigenvalue weighted by Crippen LogP contribution is -2.10. The Morgan fingerprint density at radius 2 is 1.64 bits per heavy atom. The molecule has 0 saturated carbocycles. The molecule has 108 valence electrons. The summed E-state index contributed by atoms with van der Waals surface area (Å²) in [5, 5.41) is 0. The fourth-order valence-corrected chi connectivity index (χ4v) is 3.50. The first-order chi connectivity index (χ1) is 10.7. The number of hydrogen-bond acceptors (Lipinski definition) is 2. The van der Waals surface area contributed by atoms with Crippen molar-refractivity contribution in [1.29, 1.82) is 0 Å². The maximum Gasteiger partial charge on any atom is 0.0740 e. The van der Waals surface area contributed by atoms with Gasteiger partial charge >= 0.3 is 0 Å². The lowest BCUT2D eigenvalue weighted by Gasteiger charge is -2.23. The van der Waals surface area contributed by atoms with Crippen LogP contribution in [0.1, 0.15) is 22.5 Å². The molecule has 0 radical (unpaired) electrons. The summed E-state index contributed by atoms with van der Waals surface area (Å²) in [7, 11) is 0. The van der Waals surface area contributed by atoms with Crippen molar-refractivity contribution in [3.05, 3.63) is 71.2 Å². The summed E-state index contributed by atoms with van der Waals surface area (Å²) in [6.07, 6.45) is 4.01. The summed E-state index contributed by atoms with van der Waals surface area (Å²) in [6, 6.07) is 14.8. The molecule has 0 atom stereocenters. The summed E-state index contributed by atoms with van der Waals surface area (Å²) in [5.74, 6) is 0. The zero-order valence-corrected chi connectivity index (χ0v) is 12.9. The molecular weight excluding hydrogens is 268 g/mol. The van der Waals surface area contributed by atoms with E-state index in [1.807, 2.05) is 12.3 Å². The van der Waals surface area contributed by atoms with Crippen LogP contribution in [-0.2, 0) is 12.8 Å². The molecule has 0 N–H and O–H groups in total. The van der Waals surface area contributed by atoms with Crippen LogP contribution in [0.2, 0.25) is 0 Å². The van der Waals surface area contributed by atoms with Gasteiger partial charge in [-0.1, -0.05) is 30.3 Å². The normalized spacial score (nSPS) is 12.6. The van der Waals surface area contributed by atoms with E-state index >= 15 is 0 Å². The van der Waals surface area contributed by atoms with Gasteiger partial charge in [0.15, 0.2) is 0 Å². The van der Waals surface area contributed by atoms with Crippen molar-refractivity contribution in [3.8, 4) is 22.4 Å². The topological polar surface area (TPSA) is 25.8 Å². The van der Waals surface area contributed by atoms with E-state index in [9.17, 15) is 0 Å². The quantitative estimate of drug-likeness (QED) is 0.657. The first-order valence-corrected chi connectivity index (χ1v) is 7.75. The van der Waals surface area contributed by atoms with Crippen LogP contribution in [0.4, 0.5) is 0 Å². The minimum absolute atomic E-state index is 1.03. The molecule has 0 spiro atoms. The second-order valence-electron chi connectivity index (χ2n) is 5.93. The van der Waals surface area contributed by atoms with Crippen LogP contribution in [0, 0.1) is 13.8 Å². The molecule has 2 heterocycles. The molecule has 1 aliphatic rings. The Kier molecular flexibility index (Phi) is 3.04. The van der Waals surface area contributed by atoms with Gasteiger partial charge in [0.25, 0.3) is 0 Å². The molecule has 2 heteroatoms. The smallest absolute Gasteiger partial charge is 0.0740 e. The number of benzene rings is 1. The Balaban J connectivity index is 1.97. The first kappa shape index (κ1) is 13.2. The number of pyridine rings is 2. The zero-order valence-electron chi connectivity index (χ0n) is 12.9. The number of aromatic nitrogens is 2. The van der Waals surface area contributed by atoms with E-state index in [0.717, 1.165) is 24.2 Å². The Hall–Kier alpha value is -2.48. The van der Waals surface area contributed by atoms with Gasteiger partial charge in [0.2, 0.25) is 0 Å². The molecule has 0 aliphatic heterocycles. The van der Waals surface area contributed by atoms with Crippen LogP contribution in [0.25, 0.3) is 22.4 Å². The van der Waals surface area contributed by atoms with Crippen molar-refractivity contribution in [2.24, 2.45) is 0 Å². The minimum Gasteiger partial charge on any atom is -0.258 e. The van der Waals surface area contributed by atoms with Crippen molar-refractivity contribution in [1.82, 2.24) is 9.97 Å². The third kappa shape index (κ3) is 2.03. The number of nitrogens with zero attached hydrogens (tertiary/aromatic N) is 2. The molecule has 22 heavy (non-hydrogen) atoms. The van der Waals surface area contributed by atoms with Gasteiger partial charge in [-0.3, -0.25) is 9.97 Å². The van der Waals surface area contributed by atoms with Gasteiger partial charge in [-0.05, 0) is 61.1 Å². The van der Waals surface area contributed by atoms with Crippen LogP contribution in [0.15, 0.2) is 48.7 Å². The summed E-state index contributed by atoms with van der Waals surface area (Å²) < 4.78 is 0. The number of rotatable bonds is 1. The number of aryl methyl sites for hydroxylation is 2. The van der Waals surface area contributed by atoms with Gasteiger partial charge in [-0.2, -0.15) is 0 Å². The molecule has 1 aromatic carbocycles. The molecule has 0 unspecified atom stereocenters. The maximum absolute atomic E-state index is 4.66. The van der Waals surface area contributed by atoms with Gasteiger partial charge in [-0.15, -0.1) is 0 Å². The maximum atomic E-state index is 4.66. The van der Waals surface area contributed by atoms with Crippen LogP contribution in [0.5, 0.6) is 0 Å². The van der Waals surface area contributed by atoms with Crippen molar-refractivity contribution < 1.29 is 0 Å². The Morgan fingerprint density at radius 3 is 2.45 bits per heavy atom. The van der Waals surface area contributed by atoms with Crippen molar-refractivity contribution in [2.45, 2.75) is 26.7 Å². The number of hydrogen-bond donors (Lipinski definition) is 0. The summed E-state index contributed by atoms with van der Waals surface area (Å²) in [4.78, 5) is 9.29. The van der Waals surface area contributed by atoms with Crippen LogP contribution >= 0.6 is 0 Å². The molecular formula is C20H18N2. The minimum atomic E-state index is 1.03. The van der Waals surface area contributed by atoms with Crippen molar-refractivity contribution in [3.63, 3.8) is 0 Å². The van der Waals surface area contributed by atoms with Gasteiger partial charge in [0, 0.05) is 23.1 Å². The second kappa shape index (κ2) is 5.06. The van der Waals surface area contributed by atoms with Crippen LogP contribution in [0.3, 0.4) is 0 Å². The highest BCUT2D eigenvalue weighted by Gasteiger charge is 2.22. The molecule has 2 nitrogen and oxygen atoms in total. The van der Waals surface area contributed by atoms with Crippen LogP contribution in [-0.4, -0.2) is 9.97 Å². The summed E-state index contributed by atoms with van der Waals surface area (Å²) in [6.45, 7) is 4.19. The van der Waals surface area contributed by atoms with E-state index in [-0.39, 0.29) is 0 Å². The van der Waals surface area contributed by atoms with E-state index in [1.165, 1.54) is 33.5 Å². The lowest BCUT2D eigenvalue weighted by molar-refractivity contribution is 0.901. The largest absolute Gasteiger partial charge is 0.258 e. The highest BCUT2D eigenvalue weighted by molar-refractivity contribution is 5.80. The summed E-state index contributed by atoms with van der Waals surface area (Å²) in [5.41, 5.74) is 9.99. The van der Waals surface area contributed by atoms with Crippen molar-refractivity contribution in [2.75, 3.05) is 0 Å². The number of fused-ring (bicyclic) bond motifs is 3. The van der Waals surface area contributed by atoms with Gasteiger partial charge in [0.1, 0.15) is 0 Å². The average molecular weight is 286 g/mol. The van der Waals surface area contributed by atoms with Crippen molar-refractivity contribution >= 4 is 0 Å². The monoisotopic (exact) mass is 286 g/mol. The molecule has 0 saturated heterocycles. The Morgan fingerprint density at radius 1 is 0.864 bits per heavy atom. The molecule has 1 aliphatic carbocycles. The molecule has 0 bridgehead atoms. The van der Waals surface area contributed by atoms with Gasteiger partial charge in [0.05, 0.1) is 5.69 Å². The summed E-state index contributed by atoms with van der Waals surface area (Å²) >= 11 is 0. The Bertz CT molecular complexity index is 851. The SMILES string of the molecule is Cc1cc2c(c(C)n1)CCc1c-2ccnc1-c1ccccc1. The van der Waals surface area contributed by atoms with E-state index in [4.69, 9.17) is 0 Å². The highest BCUT2D eigenvalue weighted by Crippen LogP contribution is 2.38. The fourth-order valence-electron chi connectivity index (χ4n) is 3.50. The molecule has 2 aromatic heterocycles. The predicted molar refractivity (Wildman–Crippen MR) is 89.8 cm³/mol. The zero-order chi connectivity index (χ0) is 15.1. The average Bonchev–Trinajstić information content (AvgIpc) is 2.55. The van der Waals surface area contributed by atoms with E-state index in [2.05, 4.69) is 60.2 Å². The molecule has 0 amide bonds. The first-order valence-electron chi connectivity index (χ1n) is 7.75. The van der Waals surface area contributed by atoms with Gasteiger partial charge in [-0.25, -0.2) is 0 Å². The van der Waals surface area contributed by atoms with Crippen LogP contribution < -0.4 is 0 Å². The highest BCUT2D eigenvalue weighted by atomic mass is 14.7. The fraction of sp³-hybridized carbons (Fsp3) is 0.200.